The van der Waals surface area contributed by atoms with Gasteiger partial charge in [0, 0.05) is 12.4 Å². The maximum Gasteiger partial charge on any atom is 0.182 e. The summed E-state index contributed by atoms with van der Waals surface area (Å²) in [5.74, 6) is 0. The maximum absolute atomic E-state index is 10.5. The van der Waals surface area contributed by atoms with Crippen molar-refractivity contribution in [2.24, 2.45) is 0 Å². The second kappa shape index (κ2) is 2.61. The monoisotopic (exact) mass is 160 g/mol. The van der Waals surface area contributed by atoms with Gasteiger partial charge in [-0.1, -0.05) is 0 Å². The molecular formula is C7H4N4O. The SMILES string of the molecule is O=Cc1ncnc2nccnc12. The molecule has 0 spiro atoms. The molecule has 0 fully saturated rings. The molecule has 0 unspecified atom stereocenters. The van der Waals surface area contributed by atoms with Crippen LogP contribution in [0.3, 0.4) is 0 Å². The summed E-state index contributed by atoms with van der Waals surface area (Å²) >= 11 is 0. The molecule has 2 aromatic heterocycles. The third-order valence-electron chi connectivity index (χ3n) is 1.41. The Bertz CT molecular complexity index is 423. The van der Waals surface area contributed by atoms with Gasteiger partial charge in [0.25, 0.3) is 0 Å². The zero-order chi connectivity index (χ0) is 8.39. The van der Waals surface area contributed by atoms with Gasteiger partial charge in [0.05, 0.1) is 0 Å². The minimum atomic E-state index is 0.271. The molecule has 0 saturated carbocycles. The lowest BCUT2D eigenvalue weighted by atomic mass is 10.4. The molecule has 0 aliphatic heterocycles. The quantitative estimate of drug-likeness (QED) is 0.558. The van der Waals surface area contributed by atoms with Crippen molar-refractivity contribution in [2.45, 2.75) is 0 Å². The van der Waals surface area contributed by atoms with Crippen LogP contribution in [0.15, 0.2) is 18.7 Å². The first-order valence-corrected chi connectivity index (χ1v) is 3.28. The van der Waals surface area contributed by atoms with Crippen LogP contribution < -0.4 is 0 Å². The van der Waals surface area contributed by atoms with Gasteiger partial charge in [-0.3, -0.25) is 4.79 Å². The van der Waals surface area contributed by atoms with Gasteiger partial charge in [0.15, 0.2) is 11.9 Å². The van der Waals surface area contributed by atoms with E-state index in [0.717, 1.165) is 0 Å². The summed E-state index contributed by atoms with van der Waals surface area (Å²) in [5.41, 5.74) is 1.15. The van der Waals surface area contributed by atoms with Crippen molar-refractivity contribution in [3.8, 4) is 0 Å². The second-order valence-electron chi connectivity index (χ2n) is 2.11. The molecule has 0 aliphatic carbocycles. The molecule has 58 valence electrons. The van der Waals surface area contributed by atoms with E-state index >= 15 is 0 Å². The summed E-state index contributed by atoms with van der Waals surface area (Å²) in [5, 5.41) is 0. The highest BCUT2D eigenvalue weighted by Gasteiger charge is 2.02. The Morgan fingerprint density at radius 1 is 1.08 bits per heavy atom. The molecule has 5 nitrogen and oxygen atoms in total. The second-order valence-corrected chi connectivity index (χ2v) is 2.11. The van der Waals surface area contributed by atoms with Crippen molar-refractivity contribution in [3.63, 3.8) is 0 Å². The zero-order valence-corrected chi connectivity index (χ0v) is 6.01. The third-order valence-corrected chi connectivity index (χ3v) is 1.41. The Hall–Kier alpha value is -1.91. The molecule has 0 amide bonds. The van der Waals surface area contributed by atoms with Crippen LogP contribution in [0, 0.1) is 0 Å². The van der Waals surface area contributed by atoms with Crippen molar-refractivity contribution >= 4 is 17.5 Å². The topological polar surface area (TPSA) is 68.6 Å². The molecule has 0 aliphatic rings. The number of fused-ring (bicyclic) bond motifs is 1. The summed E-state index contributed by atoms with van der Waals surface area (Å²) in [6, 6.07) is 0. The standard InChI is InChI=1S/C7H4N4O/c12-3-5-6-7(11-4-10-5)9-2-1-8-6/h1-4H. The number of aldehydes is 1. The summed E-state index contributed by atoms with van der Waals surface area (Å²) in [7, 11) is 0. The highest BCUT2D eigenvalue weighted by Crippen LogP contribution is 2.04. The van der Waals surface area contributed by atoms with E-state index < -0.39 is 0 Å². The van der Waals surface area contributed by atoms with E-state index in [0.29, 0.717) is 17.5 Å². The van der Waals surface area contributed by atoms with Gasteiger partial charge in [0.1, 0.15) is 17.5 Å². The highest BCUT2D eigenvalue weighted by molar-refractivity contribution is 5.89. The Morgan fingerprint density at radius 3 is 2.75 bits per heavy atom. The Labute approximate surface area is 67.5 Å². The first kappa shape index (κ1) is 6.78. The number of rotatable bonds is 1. The van der Waals surface area contributed by atoms with Crippen molar-refractivity contribution < 1.29 is 4.79 Å². The van der Waals surface area contributed by atoms with E-state index in [2.05, 4.69) is 19.9 Å². The molecule has 2 rings (SSSR count). The molecule has 0 saturated heterocycles. The van der Waals surface area contributed by atoms with Crippen LogP contribution in [0.25, 0.3) is 11.2 Å². The maximum atomic E-state index is 10.5. The summed E-state index contributed by atoms with van der Waals surface area (Å²) < 4.78 is 0. The van der Waals surface area contributed by atoms with Crippen LogP contribution in [-0.4, -0.2) is 26.2 Å². The van der Waals surface area contributed by atoms with E-state index in [-0.39, 0.29) is 5.69 Å². The predicted molar refractivity (Wildman–Crippen MR) is 40.5 cm³/mol. The number of carbonyl (C=O) groups is 1. The van der Waals surface area contributed by atoms with Crippen molar-refractivity contribution in [2.75, 3.05) is 0 Å². The van der Waals surface area contributed by atoms with E-state index in [1.807, 2.05) is 0 Å². The fraction of sp³-hybridized carbons (Fsp3) is 0. The van der Waals surface area contributed by atoms with Crippen molar-refractivity contribution in [1.29, 1.82) is 0 Å². The summed E-state index contributed by atoms with van der Waals surface area (Å²) in [4.78, 5) is 25.9. The van der Waals surface area contributed by atoms with Crippen LogP contribution in [-0.2, 0) is 0 Å². The van der Waals surface area contributed by atoms with Gasteiger partial charge >= 0.3 is 0 Å². The molecule has 2 heterocycles. The van der Waals surface area contributed by atoms with Crippen molar-refractivity contribution in [3.05, 3.63) is 24.4 Å². The van der Waals surface area contributed by atoms with Crippen LogP contribution >= 0.6 is 0 Å². The van der Waals surface area contributed by atoms with Crippen LogP contribution in [0.1, 0.15) is 10.5 Å². The average molecular weight is 160 g/mol. The van der Waals surface area contributed by atoms with Gasteiger partial charge in [-0.2, -0.15) is 0 Å². The Kier molecular flexibility index (Phi) is 1.48. The fourth-order valence-electron chi connectivity index (χ4n) is 0.899. The van der Waals surface area contributed by atoms with Gasteiger partial charge in [-0.05, 0) is 0 Å². The molecule has 2 aromatic rings. The normalized spacial score (nSPS) is 10.0. The first-order valence-electron chi connectivity index (χ1n) is 3.28. The molecular weight excluding hydrogens is 156 g/mol. The molecule has 12 heavy (non-hydrogen) atoms. The lowest BCUT2D eigenvalue weighted by Crippen LogP contribution is -1.94. The lowest BCUT2D eigenvalue weighted by molar-refractivity contribution is 0.112. The molecule has 0 radical (unpaired) electrons. The molecule has 0 N–H and O–H groups in total. The molecule has 0 atom stereocenters. The van der Waals surface area contributed by atoms with Crippen LogP contribution in [0.2, 0.25) is 0 Å². The fourth-order valence-corrected chi connectivity index (χ4v) is 0.899. The molecule has 5 heteroatoms. The third kappa shape index (κ3) is 0.914. The van der Waals surface area contributed by atoms with E-state index in [4.69, 9.17) is 0 Å². The minimum Gasteiger partial charge on any atom is -0.296 e. The van der Waals surface area contributed by atoms with Crippen molar-refractivity contribution in [1.82, 2.24) is 19.9 Å². The minimum absolute atomic E-state index is 0.271. The van der Waals surface area contributed by atoms with Gasteiger partial charge < -0.3 is 0 Å². The van der Waals surface area contributed by atoms with Gasteiger partial charge in [-0.25, -0.2) is 19.9 Å². The lowest BCUT2D eigenvalue weighted by Gasteiger charge is -1.94. The highest BCUT2D eigenvalue weighted by atomic mass is 16.1. The largest absolute Gasteiger partial charge is 0.296 e. The van der Waals surface area contributed by atoms with Gasteiger partial charge in [0.2, 0.25) is 0 Å². The summed E-state index contributed by atoms with van der Waals surface area (Å²) in [6.07, 6.45) is 4.95. The van der Waals surface area contributed by atoms with Crippen LogP contribution in [0.4, 0.5) is 0 Å². The molecule has 0 aromatic carbocycles. The Balaban J connectivity index is 2.88. The smallest absolute Gasteiger partial charge is 0.182 e. The molecule has 0 bridgehead atoms. The van der Waals surface area contributed by atoms with E-state index in [9.17, 15) is 4.79 Å². The number of aromatic nitrogens is 4. The first-order chi connectivity index (χ1) is 5.92. The average Bonchev–Trinajstić information content (AvgIpc) is 2.17. The predicted octanol–water partition coefficient (Wildman–Crippen LogP) is 0.232. The Morgan fingerprint density at radius 2 is 1.92 bits per heavy atom. The van der Waals surface area contributed by atoms with Gasteiger partial charge in [-0.15, -0.1) is 0 Å². The van der Waals surface area contributed by atoms with E-state index in [1.54, 1.807) is 0 Å². The number of carbonyl (C=O) groups excluding carboxylic acids is 1. The number of hydrogen-bond acceptors (Lipinski definition) is 5. The van der Waals surface area contributed by atoms with E-state index in [1.165, 1.54) is 18.7 Å². The number of hydrogen-bond donors (Lipinski definition) is 0. The zero-order valence-electron chi connectivity index (χ0n) is 6.01. The number of nitrogens with zero attached hydrogens (tertiary/aromatic N) is 4. The summed E-state index contributed by atoms with van der Waals surface area (Å²) in [6.45, 7) is 0. The van der Waals surface area contributed by atoms with Crippen LogP contribution in [0.5, 0.6) is 0 Å².